The number of nitrogens with zero attached hydrogens (tertiary/aromatic N) is 1. The molecular weight excluding hydrogens is 300 g/mol. The average Bonchev–Trinajstić information content (AvgIpc) is 2.57. The number of hydroxylamine groups is 1. The van der Waals surface area contributed by atoms with Crippen LogP contribution in [0.1, 0.15) is 46.0 Å². The number of nitrogens with one attached hydrogen (secondary N) is 1. The number of hydrogen-bond donors (Lipinski definition) is 2. The van der Waals surface area contributed by atoms with Crippen LogP contribution in [0.15, 0.2) is 47.5 Å². The molecule has 4 nitrogen and oxygen atoms in total. The molecule has 0 unspecified atom stereocenters. The molecular formula is C20H24N2O2. The van der Waals surface area contributed by atoms with E-state index in [1.165, 1.54) is 11.1 Å². The van der Waals surface area contributed by atoms with Gasteiger partial charge in [0, 0.05) is 18.2 Å². The lowest BCUT2D eigenvalue weighted by molar-refractivity contribution is 0.101. The van der Waals surface area contributed by atoms with Gasteiger partial charge >= 0.3 is 0 Å². The zero-order chi connectivity index (χ0) is 17.5. The second-order valence-electron chi connectivity index (χ2n) is 5.94. The quantitative estimate of drug-likeness (QED) is 0.368. The number of rotatable bonds is 6. The van der Waals surface area contributed by atoms with Gasteiger partial charge in [-0.2, -0.15) is 0 Å². The summed E-state index contributed by atoms with van der Waals surface area (Å²) < 4.78 is 0. The van der Waals surface area contributed by atoms with Crippen LogP contribution in [-0.4, -0.2) is 23.9 Å². The van der Waals surface area contributed by atoms with E-state index in [0.29, 0.717) is 5.84 Å². The maximum Gasteiger partial charge on any atom is 0.160 e. The minimum atomic E-state index is 0.117. The molecule has 0 fully saturated rings. The summed E-state index contributed by atoms with van der Waals surface area (Å²) >= 11 is 0. The Hall–Kier alpha value is -2.46. The van der Waals surface area contributed by atoms with Gasteiger partial charge in [-0.05, 0) is 49.8 Å². The molecule has 0 saturated heterocycles. The van der Waals surface area contributed by atoms with Gasteiger partial charge in [0.15, 0.2) is 11.6 Å². The van der Waals surface area contributed by atoms with Crippen molar-refractivity contribution in [3.05, 3.63) is 70.3 Å². The highest BCUT2D eigenvalue weighted by Crippen LogP contribution is 2.15. The lowest BCUT2D eigenvalue weighted by atomic mass is 9.98. The minimum Gasteiger partial charge on any atom is -0.295 e. The fraction of sp³-hybridized carbons (Fsp3) is 0.300. The summed E-state index contributed by atoms with van der Waals surface area (Å²) in [6, 6.07) is 14.1. The molecule has 2 rings (SSSR count). The first kappa shape index (κ1) is 17.9. The van der Waals surface area contributed by atoms with Crippen molar-refractivity contribution in [2.45, 2.75) is 33.1 Å². The second kappa shape index (κ2) is 8.41. The van der Waals surface area contributed by atoms with Gasteiger partial charge < -0.3 is 0 Å². The lowest BCUT2D eigenvalue weighted by Gasteiger charge is -2.08. The number of amidine groups is 1. The fourth-order valence-corrected chi connectivity index (χ4v) is 2.85. The van der Waals surface area contributed by atoms with Gasteiger partial charge in [0.05, 0.1) is 0 Å². The Bertz CT molecular complexity index is 734. The van der Waals surface area contributed by atoms with Gasteiger partial charge in [-0.25, -0.2) is 0 Å². The first-order valence-electron chi connectivity index (χ1n) is 8.12. The number of aryl methyl sites for hydroxylation is 3. The van der Waals surface area contributed by atoms with Crippen molar-refractivity contribution in [1.29, 1.82) is 0 Å². The van der Waals surface area contributed by atoms with Crippen LogP contribution >= 0.6 is 0 Å². The van der Waals surface area contributed by atoms with E-state index in [2.05, 4.69) is 28.7 Å². The molecule has 0 aliphatic heterocycles. The molecule has 0 radical (unpaired) electrons. The van der Waals surface area contributed by atoms with Gasteiger partial charge in [-0.3, -0.25) is 20.5 Å². The Morgan fingerprint density at radius 1 is 1.08 bits per heavy atom. The van der Waals surface area contributed by atoms with Crippen LogP contribution in [0.4, 0.5) is 0 Å². The first-order chi connectivity index (χ1) is 11.5. The van der Waals surface area contributed by atoms with E-state index < -0.39 is 0 Å². The summed E-state index contributed by atoms with van der Waals surface area (Å²) in [5, 5.41) is 8.99. The highest BCUT2D eigenvalue weighted by molar-refractivity contribution is 5.97. The standard InChI is InChI=1S/C20H24N2O2/c1-14-13-17(9-12-19(14)15(2)23)6-4-5-16-7-10-18(11-8-16)20(21-3)22-24/h7-13,24H,4-6H2,1-3H3,(H,21,22). The monoisotopic (exact) mass is 324 g/mol. The van der Waals surface area contributed by atoms with Crippen molar-refractivity contribution >= 4 is 11.6 Å². The SMILES string of the molecule is CN=C(NO)c1ccc(CCCc2ccc(C(C)=O)c(C)c2)cc1. The van der Waals surface area contributed by atoms with Crippen LogP contribution in [0.5, 0.6) is 0 Å². The number of carbonyl (C=O) groups is 1. The van der Waals surface area contributed by atoms with E-state index in [1.807, 2.05) is 31.2 Å². The maximum absolute atomic E-state index is 11.5. The van der Waals surface area contributed by atoms with Crippen molar-refractivity contribution in [1.82, 2.24) is 5.48 Å². The van der Waals surface area contributed by atoms with Crippen LogP contribution in [0.25, 0.3) is 0 Å². The third-order valence-corrected chi connectivity index (χ3v) is 4.16. The van der Waals surface area contributed by atoms with Crippen LogP contribution in [0.3, 0.4) is 0 Å². The molecule has 0 spiro atoms. The fourth-order valence-electron chi connectivity index (χ4n) is 2.85. The summed E-state index contributed by atoms with van der Waals surface area (Å²) in [5.41, 5.74) is 7.33. The molecule has 2 aromatic carbocycles. The topological polar surface area (TPSA) is 61.7 Å². The molecule has 0 amide bonds. The van der Waals surface area contributed by atoms with Crippen molar-refractivity contribution in [2.75, 3.05) is 7.05 Å². The van der Waals surface area contributed by atoms with Gasteiger partial charge in [0.25, 0.3) is 0 Å². The summed E-state index contributed by atoms with van der Waals surface area (Å²) in [4.78, 5) is 15.4. The Morgan fingerprint density at radius 2 is 1.71 bits per heavy atom. The average molecular weight is 324 g/mol. The van der Waals surface area contributed by atoms with E-state index in [9.17, 15) is 4.79 Å². The van der Waals surface area contributed by atoms with Crippen molar-refractivity contribution < 1.29 is 10.0 Å². The Labute approximate surface area is 143 Å². The summed E-state index contributed by atoms with van der Waals surface area (Å²) in [5.74, 6) is 0.578. The molecule has 4 heteroatoms. The van der Waals surface area contributed by atoms with E-state index in [-0.39, 0.29) is 5.78 Å². The number of ketones is 1. The number of aliphatic imine (C=N–C) groups is 1. The molecule has 126 valence electrons. The number of carbonyl (C=O) groups excluding carboxylic acids is 1. The molecule has 0 atom stereocenters. The number of benzene rings is 2. The van der Waals surface area contributed by atoms with E-state index >= 15 is 0 Å². The third kappa shape index (κ3) is 4.52. The van der Waals surface area contributed by atoms with Gasteiger partial charge in [0.1, 0.15) is 0 Å². The van der Waals surface area contributed by atoms with Crippen molar-refractivity contribution in [3.63, 3.8) is 0 Å². The second-order valence-corrected chi connectivity index (χ2v) is 5.94. The minimum absolute atomic E-state index is 0.117. The molecule has 0 bridgehead atoms. The summed E-state index contributed by atoms with van der Waals surface area (Å²) in [6.07, 6.45) is 3.02. The lowest BCUT2D eigenvalue weighted by Crippen LogP contribution is -2.19. The van der Waals surface area contributed by atoms with Crippen LogP contribution < -0.4 is 5.48 Å². The predicted molar refractivity (Wildman–Crippen MR) is 97.0 cm³/mol. The molecule has 2 aromatic rings. The summed E-state index contributed by atoms with van der Waals surface area (Å²) in [7, 11) is 1.63. The van der Waals surface area contributed by atoms with Crippen LogP contribution in [0.2, 0.25) is 0 Å². The summed E-state index contributed by atoms with van der Waals surface area (Å²) in [6.45, 7) is 3.59. The van der Waals surface area contributed by atoms with Crippen molar-refractivity contribution in [3.8, 4) is 0 Å². The molecule has 0 aromatic heterocycles. The highest BCUT2D eigenvalue weighted by atomic mass is 16.5. The zero-order valence-corrected chi connectivity index (χ0v) is 14.5. The maximum atomic E-state index is 11.5. The third-order valence-electron chi connectivity index (χ3n) is 4.16. The van der Waals surface area contributed by atoms with Crippen molar-refractivity contribution in [2.24, 2.45) is 4.99 Å². The predicted octanol–water partition coefficient (Wildman–Crippen LogP) is 3.73. The zero-order valence-electron chi connectivity index (χ0n) is 14.5. The number of Topliss-reactive ketones (excluding diaryl/α,β-unsaturated/α-hetero) is 1. The Balaban J connectivity index is 1.92. The van der Waals surface area contributed by atoms with Crippen LogP contribution in [-0.2, 0) is 12.8 Å². The Morgan fingerprint density at radius 3 is 2.25 bits per heavy atom. The molecule has 0 saturated carbocycles. The van der Waals surface area contributed by atoms with E-state index in [0.717, 1.165) is 36.0 Å². The first-order valence-corrected chi connectivity index (χ1v) is 8.12. The Kier molecular flexibility index (Phi) is 6.27. The normalized spacial score (nSPS) is 11.4. The smallest absolute Gasteiger partial charge is 0.160 e. The van der Waals surface area contributed by atoms with E-state index in [4.69, 9.17) is 5.21 Å². The molecule has 0 heterocycles. The molecule has 2 N–H and O–H groups in total. The molecule has 0 aliphatic rings. The van der Waals surface area contributed by atoms with Gasteiger partial charge in [-0.1, -0.05) is 42.5 Å². The highest BCUT2D eigenvalue weighted by Gasteiger charge is 2.05. The number of hydrogen-bond acceptors (Lipinski definition) is 3. The van der Waals surface area contributed by atoms with E-state index in [1.54, 1.807) is 14.0 Å². The van der Waals surface area contributed by atoms with Gasteiger partial charge in [-0.15, -0.1) is 0 Å². The molecule has 0 aliphatic carbocycles. The van der Waals surface area contributed by atoms with Crippen LogP contribution in [0, 0.1) is 6.92 Å². The molecule has 24 heavy (non-hydrogen) atoms. The largest absolute Gasteiger partial charge is 0.295 e. The van der Waals surface area contributed by atoms with Gasteiger partial charge in [0.2, 0.25) is 0 Å².